The molecule has 5 heteroatoms. The van der Waals surface area contributed by atoms with E-state index in [0.717, 1.165) is 21.8 Å². The Morgan fingerprint density at radius 3 is 2.26 bits per heavy atom. The SMILES string of the molecule is COc1cccc(SCC(=O)Oc2ccc(-c3ccc(C#N)cc3)cc2)c1. The van der Waals surface area contributed by atoms with Crippen molar-refractivity contribution in [3.05, 3.63) is 78.4 Å². The lowest BCUT2D eigenvalue weighted by Crippen LogP contribution is -2.10. The van der Waals surface area contributed by atoms with Crippen molar-refractivity contribution in [1.29, 1.82) is 5.26 Å². The van der Waals surface area contributed by atoms with Gasteiger partial charge < -0.3 is 9.47 Å². The topological polar surface area (TPSA) is 59.3 Å². The summed E-state index contributed by atoms with van der Waals surface area (Å²) in [5.74, 6) is 1.16. The molecule has 0 heterocycles. The predicted octanol–water partition coefficient (Wildman–Crippen LogP) is 4.93. The first kappa shape index (κ1) is 18.6. The van der Waals surface area contributed by atoms with Crippen LogP contribution in [0.2, 0.25) is 0 Å². The van der Waals surface area contributed by atoms with Crippen LogP contribution in [0, 0.1) is 11.3 Å². The second-order valence-corrected chi connectivity index (χ2v) is 6.70. The number of carbonyl (C=O) groups excluding carboxylic acids is 1. The number of hydrogen-bond donors (Lipinski definition) is 0. The maximum Gasteiger partial charge on any atom is 0.321 e. The second kappa shape index (κ2) is 8.93. The predicted molar refractivity (Wildman–Crippen MR) is 106 cm³/mol. The quantitative estimate of drug-likeness (QED) is 0.347. The van der Waals surface area contributed by atoms with Gasteiger partial charge in [0.2, 0.25) is 0 Å². The first-order valence-corrected chi connectivity index (χ1v) is 9.24. The lowest BCUT2D eigenvalue weighted by atomic mass is 10.0. The standard InChI is InChI=1S/C22H17NO3S/c1-25-20-3-2-4-21(13-20)27-15-22(24)26-19-11-9-18(10-12-19)17-7-5-16(14-23)6-8-17/h2-13H,15H2,1H3. The van der Waals surface area contributed by atoms with E-state index in [1.807, 2.05) is 48.5 Å². The summed E-state index contributed by atoms with van der Waals surface area (Å²) in [7, 11) is 1.61. The third-order valence-electron chi connectivity index (χ3n) is 3.83. The molecule has 0 bridgehead atoms. The van der Waals surface area contributed by atoms with Crippen LogP contribution >= 0.6 is 11.8 Å². The second-order valence-electron chi connectivity index (χ2n) is 5.66. The number of nitriles is 1. The van der Waals surface area contributed by atoms with E-state index in [1.165, 1.54) is 11.8 Å². The number of carbonyl (C=O) groups is 1. The summed E-state index contributed by atoms with van der Waals surface area (Å²) in [5, 5.41) is 8.86. The van der Waals surface area contributed by atoms with Gasteiger partial charge in [0.05, 0.1) is 24.5 Å². The van der Waals surface area contributed by atoms with E-state index in [2.05, 4.69) is 6.07 Å². The van der Waals surface area contributed by atoms with Crippen molar-refractivity contribution in [2.75, 3.05) is 12.9 Å². The Morgan fingerprint density at radius 2 is 1.63 bits per heavy atom. The van der Waals surface area contributed by atoms with Crippen LogP contribution in [0.15, 0.2) is 77.7 Å². The third kappa shape index (κ3) is 5.13. The Morgan fingerprint density at radius 1 is 0.963 bits per heavy atom. The highest BCUT2D eigenvalue weighted by Crippen LogP contribution is 2.25. The monoisotopic (exact) mass is 375 g/mol. The van der Waals surface area contributed by atoms with E-state index in [-0.39, 0.29) is 11.7 Å². The number of benzene rings is 3. The van der Waals surface area contributed by atoms with E-state index in [1.54, 1.807) is 31.4 Å². The number of hydrogen-bond acceptors (Lipinski definition) is 5. The van der Waals surface area contributed by atoms with Crippen LogP contribution in [0.1, 0.15) is 5.56 Å². The minimum Gasteiger partial charge on any atom is -0.497 e. The summed E-state index contributed by atoms with van der Waals surface area (Å²) in [4.78, 5) is 13.0. The van der Waals surface area contributed by atoms with Gasteiger partial charge in [-0.2, -0.15) is 5.26 Å². The molecule has 0 spiro atoms. The summed E-state index contributed by atoms with van der Waals surface area (Å²) < 4.78 is 10.6. The molecule has 4 nitrogen and oxygen atoms in total. The van der Waals surface area contributed by atoms with E-state index in [9.17, 15) is 4.79 Å². The molecule has 0 saturated heterocycles. The van der Waals surface area contributed by atoms with Gasteiger partial charge in [-0.1, -0.05) is 30.3 Å². The van der Waals surface area contributed by atoms with Crippen molar-refractivity contribution in [2.24, 2.45) is 0 Å². The summed E-state index contributed by atoms with van der Waals surface area (Å²) in [5.41, 5.74) is 2.61. The number of thioether (sulfide) groups is 1. The maximum absolute atomic E-state index is 12.1. The van der Waals surface area contributed by atoms with E-state index in [0.29, 0.717) is 11.3 Å². The van der Waals surface area contributed by atoms with Gasteiger partial charge in [0, 0.05) is 4.90 Å². The van der Waals surface area contributed by atoms with Crippen LogP contribution in [0.4, 0.5) is 0 Å². The molecule has 0 aromatic heterocycles. The molecule has 134 valence electrons. The molecule has 0 aliphatic carbocycles. The largest absolute Gasteiger partial charge is 0.497 e. The van der Waals surface area contributed by atoms with Crippen LogP contribution < -0.4 is 9.47 Å². The molecule has 0 saturated carbocycles. The van der Waals surface area contributed by atoms with Crippen LogP contribution in [-0.4, -0.2) is 18.8 Å². The van der Waals surface area contributed by atoms with Crippen molar-refractivity contribution in [1.82, 2.24) is 0 Å². The highest BCUT2D eigenvalue weighted by Gasteiger charge is 2.07. The highest BCUT2D eigenvalue weighted by atomic mass is 32.2. The average molecular weight is 375 g/mol. The molecule has 0 atom stereocenters. The molecule has 3 aromatic rings. The lowest BCUT2D eigenvalue weighted by molar-refractivity contribution is -0.131. The zero-order chi connectivity index (χ0) is 19.1. The normalized spacial score (nSPS) is 10.1. The van der Waals surface area contributed by atoms with Crippen molar-refractivity contribution in [3.8, 4) is 28.7 Å². The number of nitrogens with zero attached hydrogens (tertiary/aromatic N) is 1. The minimum absolute atomic E-state index is 0.213. The van der Waals surface area contributed by atoms with Crippen molar-refractivity contribution in [2.45, 2.75) is 4.90 Å². The smallest absolute Gasteiger partial charge is 0.321 e. The van der Waals surface area contributed by atoms with Crippen LogP contribution in [0.3, 0.4) is 0 Å². The molecular weight excluding hydrogens is 358 g/mol. The molecule has 0 fully saturated rings. The van der Waals surface area contributed by atoms with Gasteiger partial charge in [-0.3, -0.25) is 4.79 Å². The molecule has 0 radical (unpaired) electrons. The molecule has 0 N–H and O–H groups in total. The van der Waals surface area contributed by atoms with E-state index < -0.39 is 0 Å². The Kier molecular flexibility index (Phi) is 6.14. The third-order valence-corrected chi connectivity index (χ3v) is 4.80. The zero-order valence-corrected chi connectivity index (χ0v) is 15.5. The van der Waals surface area contributed by atoms with Crippen molar-refractivity contribution >= 4 is 17.7 Å². The number of esters is 1. The van der Waals surface area contributed by atoms with E-state index >= 15 is 0 Å². The highest BCUT2D eigenvalue weighted by molar-refractivity contribution is 8.00. The minimum atomic E-state index is -0.311. The summed E-state index contributed by atoms with van der Waals surface area (Å²) in [6.07, 6.45) is 0. The van der Waals surface area contributed by atoms with Gasteiger partial charge in [0.1, 0.15) is 11.5 Å². The van der Waals surface area contributed by atoms with Gasteiger partial charge in [0.15, 0.2) is 0 Å². The molecule has 3 rings (SSSR count). The lowest BCUT2D eigenvalue weighted by Gasteiger charge is -2.07. The first-order chi connectivity index (χ1) is 13.2. The average Bonchev–Trinajstić information content (AvgIpc) is 2.73. The fourth-order valence-corrected chi connectivity index (χ4v) is 3.16. The zero-order valence-electron chi connectivity index (χ0n) is 14.7. The fourth-order valence-electron chi connectivity index (χ4n) is 2.45. The summed E-state index contributed by atoms with van der Waals surface area (Å²) in [6, 6.07) is 24.3. The fraction of sp³-hybridized carbons (Fsp3) is 0.0909. The van der Waals surface area contributed by atoms with Crippen molar-refractivity contribution in [3.63, 3.8) is 0 Å². The van der Waals surface area contributed by atoms with Crippen LogP contribution in [-0.2, 0) is 4.79 Å². The Bertz CT molecular complexity index is 960. The van der Waals surface area contributed by atoms with Gasteiger partial charge in [-0.25, -0.2) is 0 Å². The summed E-state index contributed by atoms with van der Waals surface area (Å²) in [6.45, 7) is 0. The Labute approximate surface area is 162 Å². The van der Waals surface area contributed by atoms with Crippen LogP contribution in [0.25, 0.3) is 11.1 Å². The Balaban J connectivity index is 1.57. The van der Waals surface area contributed by atoms with E-state index in [4.69, 9.17) is 14.7 Å². The maximum atomic E-state index is 12.1. The van der Waals surface area contributed by atoms with Gasteiger partial charge in [-0.05, 0) is 53.6 Å². The molecule has 27 heavy (non-hydrogen) atoms. The molecule has 0 amide bonds. The molecule has 0 unspecified atom stereocenters. The first-order valence-electron chi connectivity index (χ1n) is 8.26. The van der Waals surface area contributed by atoms with Crippen LogP contribution in [0.5, 0.6) is 11.5 Å². The molecular formula is C22H17NO3S. The number of ether oxygens (including phenoxy) is 2. The number of rotatable bonds is 6. The van der Waals surface area contributed by atoms with Gasteiger partial charge in [-0.15, -0.1) is 11.8 Å². The number of methoxy groups -OCH3 is 1. The molecule has 0 aliphatic heterocycles. The molecule has 3 aromatic carbocycles. The Hall–Kier alpha value is -3.23. The van der Waals surface area contributed by atoms with Gasteiger partial charge >= 0.3 is 5.97 Å². The molecule has 0 aliphatic rings. The summed E-state index contributed by atoms with van der Waals surface area (Å²) >= 11 is 1.40. The van der Waals surface area contributed by atoms with Crippen molar-refractivity contribution < 1.29 is 14.3 Å². The van der Waals surface area contributed by atoms with Gasteiger partial charge in [0.25, 0.3) is 0 Å².